The van der Waals surface area contributed by atoms with Gasteiger partial charge < -0.3 is 9.32 Å². The number of anilines is 1. The maximum atomic E-state index is 12.6. The third-order valence-electron chi connectivity index (χ3n) is 3.68. The van der Waals surface area contributed by atoms with E-state index >= 15 is 0 Å². The summed E-state index contributed by atoms with van der Waals surface area (Å²) in [5.74, 6) is 0.0759. The Morgan fingerprint density at radius 2 is 2.09 bits per heavy atom. The molecule has 0 atom stereocenters. The van der Waals surface area contributed by atoms with E-state index in [0.29, 0.717) is 18.5 Å². The van der Waals surface area contributed by atoms with E-state index in [9.17, 15) is 4.79 Å². The summed E-state index contributed by atoms with van der Waals surface area (Å²) in [5.41, 5.74) is 4.53. The van der Waals surface area contributed by atoms with E-state index in [0.717, 1.165) is 22.3 Å². The van der Waals surface area contributed by atoms with Crippen LogP contribution in [0.15, 0.2) is 53.3 Å². The Kier molecular flexibility index (Phi) is 3.92. The molecule has 0 unspecified atom stereocenters. The van der Waals surface area contributed by atoms with Gasteiger partial charge in [0, 0.05) is 12.2 Å². The molecule has 0 saturated heterocycles. The third-order valence-corrected chi connectivity index (χ3v) is 3.68. The zero-order valence-electron chi connectivity index (χ0n) is 12.7. The number of carbonyl (C=O) groups is 1. The standard InChI is InChI=1S/C18H18N2O2/c1-3-20(15-6-4-5-13(2)9-15)18(21)11-14-7-8-16-17(10-14)22-12-19-16/h4-10,12H,3,11H2,1-2H3. The van der Waals surface area contributed by atoms with Gasteiger partial charge in [-0.1, -0.05) is 18.2 Å². The molecule has 1 amide bonds. The maximum Gasteiger partial charge on any atom is 0.231 e. The monoisotopic (exact) mass is 294 g/mol. The second kappa shape index (κ2) is 6.02. The first-order chi connectivity index (χ1) is 10.7. The lowest BCUT2D eigenvalue weighted by molar-refractivity contribution is -0.117. The van der Waals surface area contributed by atoms with Crippen LogP contribution in [0.3, 0.4) is 0 Å². The van der Waals surface area contributed by atoms with Gasteiger partial charge in [-0.25, -0.2) is 4.98 Å². The number of benzene rings is 2. The van der Waals surface area contributed by atoms with Gasteiger partial charge in [0.1, 0.15) is 5.52 Å². The maximum absolute atomic E-state index is 12.6. The van der Waals surface area contributed by atoms with Crippen molar-refractivity contribution >= 4 is 22.7 Å². The molecular weight excluding hydrogens is 276 g/mol. The number of aromatic nitrogens is 1. The van der Waals surface area contributed by atoms with Gasteiger partial charge in [0.2, 0.25) is 5.91 Å². The van der Waals surface area contributed by atoms with Crippen molar-refractivity contribution in [3.63, 3.8) is 0 Å². The van der Waals surface area contributed by atoms with Crippen molar-refractivity contribution in [3.05, 3.63) is 60.0 Å². The fraction of sp³-hybridized carbons (Fsp3) is 0.222. The topological polar surface area (TPSA) is 46.3 Å². The van der Waals surface area contributed by atoms with E-state index in [1.54, 1.807) is 4.90 Å². The fourth-order valence-electron chi connectivity index (χ4n) is 2.58. The predicted octanol–water partition coefficient (Wildman–Crippen LogP) is 3.73. The molecule has 4 heteroatoms. The van der Waals surface area contributed by atoms with Gasteiger partial charge in [-0.05, 0) is 49.2 Å². The normalized spacial score (nSPS) is 10.8. The molecule has 0 bridgehead atoms. The van der Waals surface area contributed by atoms with Gasteiger partial charge in [-0.3, -0.25) is 4.79 Å². The van der Waals surface area contributed by atoms with Crippen LogP contribution in [0.4, 0.5) is 5.69 Å². The number of fused-ring (bicyclic) bond motifs is 1. The molecule has 0 fully saturated rings. The molecule has 0 N–H and O–H groups in total. The molecule has 0 saturated carbocycles. The van der Waals surface area contributed by atoms with Crippen molar-refractivity contribution in [2.45, 2.75) is 20.3 Å². The molecule has 4 nitrogen and oxygen atoms in total. The Labute approximate surface area is 129 Å². The predicted molar refractivity (Wildman–Crippen MR) is 86.9 cm³/mol. The molecule has 112 valence electrons. The first-order valence-electron chi connectivity index (χ1n) is 7.36. The highest BCUT2D eigenvalue weighted by Crippen LogP contribution is 2.19. The van der Waals surface area contributed by atoms with E-state index in [1.807, 2.05) is 56.3 Å². The molecule has 3 rings (SSSR count). The van der Waals surface area contributed by atoms with Crippen LogP contribution in [-0.4, -0.2) is 17.4 Å². The zero-order chi connectivity index (χ0) is 15.5. The summed E-state index contributed by atoms with van der Waals surface area (Å²) < 4.78 is 5.29. The van der Waals surface area contributed by atoms with Gasteiger partial charge in [0.25, 0.3) is 0 Å². The summed E-state index contributed by atoms with van der Waals surface area (Å²) in [7, 11) is 0. The summed E-state index contributed by atoms with van der Waals surface area (Å²) in [6.07, 6.45) is 1.76. The van der Waals surface area contributed by atoms with Crippen LogP contribution in [-0.2, 0) is 11.2 Å². The summed E-state index contributed by atoms with van der Waals surface area (Å²) in [5, 5.41) is 0. The number of rotatable bonds is 4. The molecule has 22 heavy (non-hydrogen) atoms. The first kappa shape index (κ1) is 14.3. The van der Waals surface area contributed by atoms with Crippen LogP contribution < -0.4 is 4.90 Å². The SMILES string of the molecule is CCN(C(=O)Cc1ccc2ncoc2c1)c1cccc(C)c1. The largest absolute Gasteiger partial charge is 0.443 e. The molecular formula is C18H18N2O2. The highest BCUT2D eigenvalue weighted by Gasteiger charge is 2.15. The minimum atomic E-state index is 0.0759. The number of nitrogens with zero attached hydrogens (tertiary/aromatic N) is 2. The van der Waals surface area contributed by atoms with Crippen molar-refractivity contribution < 1.29 is 9.21 Å². The van der Waals surface area contributed by atoms with Gasteiger partial charge in [-0.15, -0.1) is 0 Å². The highest BCUT2D eigenvalue weighted by molar-refractivity contribution is 5.95. The lowest BCUT2D eigenvalue weighted by atomic mass is 10.1. The highest BCUT2D eigenvalue weighted by atomic mass is 16.3. The average molecular weight is 294 g/mol. The Bertz CT molecular complexity index is 807. The molecule has 0 radical (unpaired) electrons. The van der Waals surface area contributed by atoms with Crippen LogP contribution >= 0.6 is 0 Å². The van der Waals surface area contributed by atoms with E-state index in [2.05, 4.69) is 4.98 Å². The van der Waals surface area contributed by atoms with E-state index in [-0.39, 0.29) is 5.91 Å². The Balaban J connectivity index is 1.82. The zero-order valence-corrected chi connectivity index (χ0v) is 12.7. The number of aryl methyl sites for hydroxylation is 1. The molecule has 0 aliphatic heterocycles. The molecule has 0 aliphatic carbocycles. The minimum Gasteiger partial charge on any atom is -0.443 e. The van der Waals surface area contributed by atoms with Gasteiger partial charge in [-0.2, -0.15) is 0 Å². The van der Waals surface area contributed by atoms with Crippen LogP contribution in [0.5, 0.6) is 0 Å². The number of hydrogen-bond donors (Lipinski definition) is 0. The third kappa shape index (κ3) is 2.86. The van der Waals surface area contributed by atoms with Crippen LogP contribution in [0, 0.1) is 6.92 Å². The summed E-state index contributed by atoms with van der Waals surface area (Å²) in [6, 6.07) is 13.7. The lowest BCUT2D eigenvalue weighted by Crippen LogP contribution is -2.32. The van der Waals surface area contributed by atoms with Crippen molar-refractivity contribution in [1.82, 2.24) is 4.98 Å². The number of amides is 1. The molecule has 0 spiro atoms. The number of oxazole rings is 1. The lowest BCUT2D eigenvalue weighted by Gasteiger charge is -2.21. The van der Waals surface area contributed by atoms with Gasteiger partial charge in [0.05, 0.1) is 6.42 Å². The van der Waals surface area contributed by atoms with Gasteiger partial charge >= 0.3 is 0 Å². The molecule has 3 aromatic rings. The smallest absolute Gasteiger partial charge is 0.231 e. The fourth-order valence-corrected chi connectivity index (χ4v) is 2.58. The summed E-state index contributed by atoms with van der Waals surface area (Å²) in [6.45, 7) is 4.66. The van der Waals surface area contributed by atoms with Crippen molar-refractivity contribution in [3.8, 4) is 0 Å². The van der Waals surface area contributed by atoms with Crippen LogP contribution in [0.2, 0.25) is 0 Å². The Morgan fingerprint density at radius 1 is 1.23 bits per heavy atom. The van der Waals surface area contributed by atoms with E-state index in [4.69, 9.17) is 4.42 Å². The number of likely N-dealkylation sites (N-methyl/N-ethyl adjacent to an activating group) is 1. The minimum absolute atomic E-state index is 0.0759. The number of hydrogen-bond acceptors (Lipinski definition) is 3. The average Bonchev–Trinajstić information content (AvgIpc) is 2.95. The van der Waals surface area contributed by atoms with Gasteiger partial charge in [0.15, 0.2) is 12.0 Å². The summed E-state index contributed by atoms with van der Waals surface area (Å²) in [4.78, 5) is 18.5. The second-order valence-electron chi connectivity index (χ2n) is 5.31. The van der Waals surface area contributed by atoms with Crippen molar-refractivity contribution in [1.29, 1.82) is 0 Å². The molecule has 0 aliphatic rings. The number of carbonyl (C=O) groups excluding carboxylic acids is 1. The van der Waals surface area contributed by atoms with Crippen LogP contribution in [0.1, 0.15) is 18.1 Å². The van der Waals surface area contributed by atoms with E-state index < -0.39 is 0 Å². The quantitative estimate of drug-likeness (QED) is 0.736. The van der Waals surface area contributed by atoms with Crippen LogP contribution in [0.25, 0.3) is 11.1 Å². The summed E-state index contributed by atoms with van der Waals surface area (Å²) >= 11 is 0. The molecule has 2 aromatic carbocycles. The first-order valence-corrected chi connectivity index (χ1v) is 7.36. The molecule has 1 heterocycles. The van der Waals surface area contributed by atoms with Crippen molar-refractivity contribution in [2.24, 2.45) is 0 Å². The van der Waals surface area contributed by atoms with Crippen molar-refractivity contribution in [2.75, 3.05) is 11.4 Å². The molecule has 1 aromatic heterocycles. The second-order valence-corrected chi connectivity index (χ2v) is 5.31. The Hall–Kier alpha value is -2.62. The Morgan fingerprint density at radius 3 is 2.86 bits per heavy atom. The van der Waals surface area contributed by atoms with E-state index in [1.165, 1.54) is 6.39 Å².